The van der Waals surface area contributed by atoms with Crippen LogP contribution in [0.4, 0.5) is 0 Å². The lowest BCUT2D eigenvalue weighted by atomic mass is 10.1. The number of esters is 1. The number of aryl methyl sites for hydroxylation is 2. The van der Waals surface area contributed by atoms with Crippen molar-refractivity contribution in [3.05, 3.63) is 53.4 Å². The van der Waals surface area contributed by atoms with E-state index in [2.05, 4.69) is 16.0 Å². The van der Waals surface area contributed by atoms with Gasteiger partial charge in [0.05, 0.1) is 12.3 Å². The predicted octanol–water partition coefficient (Wildman–Crippen LogP) is 3.34. The highest BCUT2D eigenvalue weighted by atomic mass is 16.5. The molecule has 1 aromatic carbocycles. The first kappa shape index (κ1) is 14.9. The summed E-state index contributed by atoms with van der Waals surface area (Å²) >= 11 is 0. The van der Waals surface area contributed by atoms with Crippen LogP contribution in [-0.4, -0.2) is 22.5 Å². The number of nitrogens with zero attached hydrogens (tertiary/aromatic N) is 2. The summed E-state index contributed by atoms with van der Waals surface area (Å²) < 4.78 is 4.84. The van der Waals surface area contributed by atoms with Crippen molar-refractivity contribution in [1.29, 1.82) is 0 Å². The summed E-state index contributed by atoms with van der Waals surface area (Å²) in [5, 5.41) is 0. The van der Waals surface area contributed by atoms with Crippen molar-refractivity contribution in [2.45, 2.75) is 20.8 Å². The van der Waals surface area contributed by atoms with Gasteiger partial charge in [-0.3, -0.25) is 0 Å². The molecule has 2 aromatic rings. The summed E-state index contributed by atoms with van der Waals surface area (Å²) in [5.41, 5.74) is 3.98. The van der Waals surface area contributed by atoms with E-state index in [-0.39, 0.29) is 5.97 Å². The maximum absolute atomic E-state index is 11.3. The molecule has 0 spiro atoms. The molecule has 1 heterocycles. The molecule has 0 aliphatic heterocycles. The monoisotopic (exact) mass is 282 g/mol. The van der Waals surface area contributed by atoms with Crippen LogP contribution >= 0.6 is 0 Å². The quantitative estimate of drug-likeness (QED) is 0.637. The van der Waals surface area contributed by atoms with Crippen LogP contribution < -0.4 is 0 Å². The van der Waals surface area contributed by atoms with Crippen molar-refractivity contribution in [2.75, 3.05) is 6.61 Å². The largest absolute Gasteiger partial charge is 0.463 e. The minimum absolute atomic E-state index is 0.362. The Kier molecular flexibility index (Phi) is 4.82. The lowest BCUT2D eigenvalue weighted by molar-refractivity contribution is -0.137. The Morgan fingerprint density at radius 1 is 1.24 bits per heavy atom. The van der Waals surface area contributed by atoms with Gasteiger partial charge in [0.2, 0.25) is 0 Å². The molecule has 0 fully saturated rings. The van der Waals surface area contributed by atoms with Crippen LogP contribution in [0, 0.1) is 13.8 Å². The van der Waals surface area contributed by atoms with Gasteiger partial charge < -0.3 is 4.74 Å². The van der Waals surface area contributed by atoms with Gasteiger partial charge in [-0.15, -0.1) is 0 Å². The Hall–Kier alpha value is -2.49. The van der Waals surface area contributed by atoms with Gasteiger partial charge >= 0.3 is 5.97 Å². The van der Waals surface area contributed by atoms with E-state index >= 15 is 0 Å². The van der Waals surface area contributed by atoms with Crippen LogP contribution in [-0.2, 0) is 9.53 Å². The molecule has 21 heavy (non-hydrogen) atoms. The number of carbonyl (C=O) groups is 1. The lowest BCUT2D eigenvalue weighted by Gasteiger charge is -2.04. The zero-order valence-corrected chi connectivity index (χ0v) is 12.5. The molecule has 2 rings (SSSR count). The van der Waals surface area contributed by atoms with Crippen molar-refractivity contribution < 1.29 is 9.53 Å². The summed E-state index contributed by atoms with van der Waals surface area (Å²) in [6.07, 6.45) is 4.69. The molecule has 4 heteroatoms. The standard InChI is InChI=1S/C17H18N2O2/c1-4-21-16(20)6-5-15-7-8-18-17(19-15)14-10-12(2)9-13(3)11-14/h5-11H,4H2,1-3H3/b6-5+. The summed E-state index contributed by atoms with van der Waals surface area (Å²) in [7, 11) is 0. The minimum atomic E-state index is -0.371. The number of benzene rings is 1. The Balaban J connectivity index is 2.27. The Labute approximate surface area is 124 Å². The van der Waals surface area contributed by atoms with Crippen molar-refractivity contribution in [1.82, 2.24) is 9.97 Å². The van der Waals surface area contributed by atoms with E-state index in [0.29, 0.717) is 18.1 Å². The van der Waals surface area contributed by atoms with Crippen molar-refractivity contribution in [3.8, 4) is 11.4 Å². The van der Waals surface area contributed by atoms with Gasteiger partial charge in [-0.05, 0) is 45.0 Å². The molecule has 0 aliphatic rings. The Bertz CT molecular complexity index is 658. The van der Waals surface area contributed by atoms with E-state index < -0.39 is 0 Å². The van der Waals surface area contributed by atoms with Gasteiger partial charge in [-0.25, -0.2) is 14.8 Å². The number of hydrogen-bond donors (Lipinski definition) is 0. The molecule has 0 unspecified atom stereocenters. The molecule has 0 amide bonds. The maximum Gasteiger partial charge on any atom is 0.330 e. The SMILES string of the molecule is CCOC(=O)/C=C/c1ccnc(-c2cc(C)cc(C)c2)n1. The fraction of sp³-hybridized carbons (Fsp3) is 0.235. The van der Waals surface area contributed by atoms with Gasteiger partial charge in [-0.1, -0.05) is 17.2 Å². The molecule has 0 aliphatic carbocycles. The van der Waals surface area contributed by atoms with Gasteiger partial charge in [0.1, 0.15) is 0 Å². The second-order valence-corrected chi connectivity index (χ2v) is 4.77. The summed E-state index contributed by atoms with van der Waals surface area (Å²) in [5.74, 6) is 0.275. The smallest absolute Gasteiger partial charge is 0.330 e. The molecule has 0 atom stereocenters. The predicted molar refractivity (Wildman–Crippen MR) is 82.6 cm³/mol. The second kappa shape index (κ2) is 6.79. The number of hydrogen-bond acceptors (Lipinski definition) is 4. The molecule has 0 N–H and O–H groups in total. The number of rotatable bonds is 4. The maximum atomic E-state index is 11.3. The fourth-order valence-corrected chi connectivity index (χ4v) is 2.05. The highest BCUT2D eigenvalue weighted by Gasteiger charge is 2.03. The molecule has 0 saturated heterocycles. The van der Waals surface area contributed by atoms with Crippen LogP contribution in [0.15, 0.2) is 36.5 Å². The van der Waals surface area contributed by atoms with Crippen molar-refractivity contribution in [3.63, 3.8) is 0 Å². The van der Waals surface area contributed by atoms with E-state index in [9.17, 15) is 4.79 Å². The third kappa shape index (κ3) is 4.24. The molecule has 1 aromatic heterocycles. The van der Waals surface area contributed by atoms with Crippen molar-refractivity contribution in [2.24, 2.45) is 0 Å². The van der Waals surface area contributed by atoms with E-state index in [1.165, 1.54) is 17.2 Å². The highest BCUT2D eigenvalue weighted by Crippen LogP contribution is 2.18. The average molecular weight is 282 g/mol. The van der Waals surface area contributed by atoms with Crippen LogP contribution in [0.25, 0.3) is 17.5 Å². The van der Waals surface area contributed by atoms with E-state index in [4.69, 9.17) is 4.74 Å². The Morgan fingerprint density at radius 2 is 1.95 bits per heavy atom. The summed E-state index contributed by atoms with van der Waals surface area (Å²) in [6.45, 7) is 6.22. The van der Waals surface area contributed by atoms with Crippen LogP contribution in [0.2, 0.25) is 0 Å². The highest BCUT2D eigenvalue weighted by molar-refractivity contribution is 5.86. The van der Waals surface area contributed by atoms with E-state index in [1.807, 2.05) is 26.0 Å². The number of aromatic nitrogens is 2. The molecular weight excluding hydrogens is 264 g/mol. The number of ether oxygens (including phenoxy) is 1. The normalized spacial score (nSPS) is 10.8. The lowest BCUT2D eigenvalue weighted by Crippen LogP contribution is -1.99. The first-order chi connectivity index (χ1) is 10.1. The summed E-state index contributed by atoms with van der Waals surface area (Å²) in [6, 6.07) is 7.94. The zero-order chi connectivity index (χ0) is 15.2. The average Bonchev–Trinajstić information content (AvgIpc) is 2.45. The third-order valence-corrected chi connectivity index (χ3v) is 2.83. The van der Waals surface area contributed by atoms with Crippen LogP contribution in [0.3, 0.4) is 0 Å². The summed E-state index contributed by atoms with van der Waals surface area (Å²) in [4.78, 5) is 20.1. The van der Waals surface area contributed by atoms with Gasteiger partial charge in [0.15, 0.2) is 5.82 Å². The van der Waals surface area contributed by atoms with E-state index in [1.54, 1.807) is 25.3 Å². The first-order valence-corrected chi connectivity index (χ1v) is 6.85. The molecule has 108 valence electrons. The molecule has 0 radical (unpaired) electrons. The third-order valence-electron chi connectivity index (χ3n) is 2.83. The van der Waals surface area contributed by atoms with Crippen LogP contribution in [0.5, 0.6) is 0 Å². The van der Waals surface area contributed by atoms with Crippen molar-refractivity contribution >= 4 is 12.0 Å². The molecular formula is C17H18N2O2. The molecule has 4 nitrogen and oxygen atoms in total. The molecule has 0 bridgehead atoms. The topological polar surface area (TPSA) is 52.1 Å². The fourth-order valence-electron chi connectivity index (χ4n) is 2.05. The molecule has 0 saturated carbocycles. The van der Waals surface area contributed by atoms with Crippen LogP contribution in [0.1, 0.15) is 23.7 Å². The first-order valence-electron chi connectivity index (χ1n) is 6.85. The van der Waals surface area contributed by atoms with E-state index in [0.717, 1.165) is 5.56 Å². The van der Waals surface area contributed by atoms with Gasteiger partial charge in [-0.2, -0.15) is 0 Å². The number of carbonyl (C=O) groups excluding carboxylic acids is 1. The zero-order valence-electron chi connectivity index (χ0n) is 12.5. The second-order valence-electron chi connectivity index (χ2n) is 4.77. The van der Waals surface area contributed by atoms with Gasteiger partial charge in [0, 0.05) is 17.8 Å². The Morgan fingerprint density at radius 3 is 2.62 bits per heavy atom. The van der Waals surface area contributed by atoms with Gasteiger partial charge in [0.25, 0.3) is 0 Å². The minimum Gasteiger partial charge on any atom is -0.463 e.